The van der Waals surface area contributed by atoms with Gasteiger partial charge in [-0.05, 0) is 18.7 Å². The molecule has 0 heterocycles. The summed E-state index contributed by atoms with van der Waals surface area (Å²) in [5.41, 5.74) is 7.80. The highest BCUT2D eigenvalue weighted by atomic mass is 19.1. The molecule has 0 aliphatic carbocycles. The number of nitrogens with zero attached hydrogens (tertiary/aromatic N) is 1. The van der Waals surface area contributed by atoms with Crippen molar-refractivity contribution in [2.45, 2.75) is 18.9 Å². The smallest absolute Gasteiger partial charge is 0.127 e. The van der Waals surface area contributed by atoms with E-state index in [1.807, 2.05) is 37.4 Å². The lowest BCUT2D eigenvalue weighted by molar-refractivity contribution is 0.250. The summed E-state index contributed by atoms with van der Waals surface area (Å²) >= 11 is 0. The fourth-order valence-corrected chi connectivity index (χ4v) is 2.68. The summed E-state index contributed by atoms with van der Waals surface area (Å²) in [5, 5.41) is 0. The van der Waals surface area contributed by atoms with Gasteiger partial charge in [-0.2, -0.15) is 0 Å². The van der Waals surface area contributed by atoms with Crippen molar-refractivity contribution in [3.63, 3.8) is 0 Å². The van der Waals surface area contributed by atoms with E-state index < -0.39 is 0 Å². The van der Waals surface area contributed by atoms with Crippen molar-refractivity contribution in [1.29, 1.82) is 0 Å². The molecular formula is C18H23FN2. The SMILES string of the molecule is CN(Cc1ccccc1F)CC(C)(CN)c1ccccc1. The molecular weight excluding hydrogens is 263 g/mol. The number of rotatable bonds is 6. The quantitative estimate of drug-likeness (QED) is 0.883. The zero-order valence-electron chi connectivity index (χ0n) is 12.7. The molecule has 1 atom stereocenters. The first-order valence-corrected chi connectivity index (χ1v) is 7.23. The minimum atomic E-state index is -0.154. The van der Waals surface area contributed by atoms with Crippen LogP contribution in [0.5, 0.6) is 0 Å². The molecule has 0 fully saturated rings. The molecule has 2 aromatic rings. The van der Waals surface area contributed by atoms with Crippen LogP contribution in [0.15, 0.2) is 54.6 Å². The lowest BCUT2D eigenvalue weighted by Gasteiger charge is -2.33. The van der Waals surface area contributed by atoms with Crippen molar-refractivity contribution in [3.05, 3.63) is 71.5 Å². The van der Waals surface area contributed by atoms with Crippen LogP contribution in [0.4, 0.5) is 4.39 Å². The Balaban J connectivity index is 2.10. The molecule has 2 aromatic carbocycles. The Bertz CT molecular complexity index is 570. The molecule has 0 saturated heterocycles. The predicted octanol–water partition coefficient (Wildman–Crippen LogP) is 3.17. The summed E-state index contributed by atoms with van der Waals surface area (Å²) in [7, 11) is 2.00. The second kappa shape index (κ2) is 6.83. The fraction of sp³-hybridized carbons (Fsp3) is 0.333. The summed E-state index contributed by atoms with van der Waals surface area (Å²) in [6.45, 7) is 4.07. The number of likely N-dealkylation sites (N-methyl/N-ethyl adjacent to an activating group) is 1. The number of benzene rings is 2. The van der Waals surface area contributed by atoms with Gasteiger partial charge >= 0.3 is 0 Å². The maximum atomic E-state index is 13.7. The average Bonchev–Trinajstić information content (AvgIpc) is 2.50. The molecule has 1 unspecified atom stereocenters. The Kier molecular flexibility index (Phi) is 5.10. The van der Waals surface area contributed by atoms with Crippen LogP contribution in [0, 0.1) is 5.82 Å². The van der Waals surface area contributed by atoms with Gasteiger partial charge in [0.25, 0.3) is 0 Å². The second-order valence-electron chi connectivity index (χ2n) is 5.89. The first-order chi connectivity index (χ1) is 10.0. The molecule has 21 heavy (non-hydrogen) atoms. The van der Waals surface area contributed by atoms with Crippen LogP contribution in [-0.2, 0) is 12.0 Å². The summed E-state index contributed by atoms with van der Waals surface area (Å²) in [6.07, 6.45) is 0. The van der Waals surface area contributed by atoms with E-state index in [-0.39, 0.29) is 11.2 Å². The maximum absolute atomic E-state index is 13.7. The van der Waals surface area contributed by atoms with E-state index in [4.69, 9.17) is 5.73 Å². The van der Waals surface area contributed by atoms with Crippen molar-refractivity contribution in [1.82, 2.24) is 4.90 Å². The highest BCUT2D eigenvalue weighted by Crippen LogP contribution is 2.24. The minimum Gasteiger partial charge on any atom is -0.330 e. The van der Waals surface area contributed by atoms with Crippen LogP contribution in [0.1, 0.15) is 18.1 Å². The van der Waals surface area contributed by atoms with Crippen LogP contribution in [0.3, 0.4) is 0 Å². The average molecular weight is 286 g/mol. The van der Waals surface area contributed by atoms with Crippen LogP contribution < -0.4 is 5.73 Å². The Labute approximate surface area is 126 Å². The van der Waals surface area contributed by atoms with E-state index in [2.05, 4.69) is 24.0 Å². The maximum Gasteiger partial charge on any atom is 0.127 e. The molecule has 0 bridgehead atoms. The number of nitrogens with two attached hydrogens (primary N) is 1. The van der Waals surface area contributed by atoms with Gasteiger partial charge in [0.2, 0.25) is 0 Å². The molecule has 0 aliphatic rings. The van der Waals surface area contributed by atoms with Gasteiger partial charge in [-0.25, -0.2) is 4.39 Å². The molecule has 2 rings (SSSR count). The zero-order chi connectivity index (χ0) is 15.3. The third-order valence-electron chi connectivity index (χ3n) is 3.94. The van der Waals surface area contributed by atoms with Gasteiger partial charge in [-0.15, -0.1) is 0 Å². The number of halogens is 1. The lowest BCUT2D eigenvalue weighted by Crippen LogP contribution is -2.42. The van der Waals surface area contributed by atoms with Gasteiger partial charge in [-0.1, -0.05) is 55.5 Å². The molecule has 0 spiro atoms. The molecule has 0 amide bonds. The summed E-state index contributed by atoms with van der Waals surface area (Å²) < 4.78 is 13.7. The van der Waals surface area contributed by atoms with E-state index in [0.29, 0.717) is 18.7 Å². The van der Waals surface area contributed by atoms with Gasteiger partial charge in [0.05, 0.1) is 0 Å². The summed E-state index contributed by atoms with van der Waals surface area (Å²) in [4.78, 5) is 2.12. The number of hydrogen-bond acceptors (Lipinski definition) is 2. The Morgan fingerprint density at radius 2 is 1.67 bits per heavy atom. The topological polar surface area (TPSA) is 29.3 Å². The predicted molar refractivity (Wildman–Crippen MR) is 85.6 cm³/mol. The standard InChI is InChI=1S/C18H23FN2/c1-18(13-20,16-9-4-3-5-10-16)14-21(2)12-15-8-6-7-11-17(15)19/h3-11H,12-14,20H2,1-2H3. The van der Waals surface area contributed by atoms with Crippen molar-refractivity contribution < 1.29 is 4.39 Å². The molecule has 0 saturated carbocycles. The van der Waals surface area contributed by atoms with E-state index in [1.165, 1.54) is 11.6 Å². The van der Waals surface area contributed by atoms with Crippen LogP contribution >= 0.6 is 0 Å². The second-order valence-corrected chi connectivity index (χ2v) is 5.89. The molecule has 3 heteroatoms. The third-order valence-corrected chi connectivity index (χ3v) is 3.94. The van der Waals surface area contributed by atoms with Crippen LogP contribution in [-0.4, -0.2) is 25.0 Å². The van der Waals surface area contributed by atoms with E-state index in [0.717, 1.165) is 6.54 Å². The van der Waals surface area contributed by atoms with E-state index in [9.17, 15) is 4.39 Å². The Morgan fingerprint density at radius 3 is 2.29 bits per heavy atom. The zero-order valence-corrected chi connectivity index (χ0v) is 12.7. The Morgan fingerprint density at radius 1 is 1.05 bits per heavy atom. The first-order valence-electron chi connectivity index (χ1n) is 7.23. The lowest BCUT2D eigenvalue weighted by atomic mass is 9.82. The van der Waals surface area contributed by atoms with Crippen molar-refractivity contribution >= 4 is 0 Å². The highest BCUT2D eigenvalue weighted by Gasteiger charge is 2.26. The van der Waals surface area contributed by atoms with E-state index >= 15 is 0 Å². The normalized spacial score (nSPS) is 14.1. The van der Waals surface area contributed by atoms with Gasteiger partial charge in [0, 0.05) is 30.6 Å². The van der Waals surface area contributed by atoms with Gasteiger partial charge < -0.3 is 10.6 Å². The van der Waals surface area contributed by atoms with Crippen LogP contribution in [0.25, 0.3) is 0 Å². The monoisotopic (exact) mass is 286 g/mol. The first kappa shape index (κ1) is 15.7. The van der Waals surface area contributed by atoms with Crippen molar-refractivity contribution in [2.24, 2.45) is 5.73 Å². The van der Waals surface area contributed by atoms with Crippen molar-refractivity contribution in [2.75, 3.05) is 20.1 Å². The van der Waals surface area contributed by atoms with Crippen molar-refractivity contribution in [3.8, 4) is 0 Å². The molecule has 2 N–H and O–H groups in total. The van der Waals surface area contributed by atoms with Gasteiger partial charge in [-0.3, -0.25) is 0 Å². The largest absolute Gasteiger partial charge is 0.330 e. The van der Waals surface area contributed by atoms with Gasteiger partial charge in [0.15, 0.2) is 0 Å². The van der Waals surface area contributed by atoms with Crippen LogP contribution in [0.2, 0.25) is 0 Å². The number of hydrogen-bond donors (Lipinski definition) is 1. The third kappa shape index (κ3) is 3.90. The van der Waals surface area contributed by atoms with Gasteiger partial charge in [0.1, 0.15) is 5.82 Å². The Hall–Kier alpha value is -1.71. The highest BCUT2D eigenvalue weighted by molar-refractivity contribution is 5.26. The van der Waals surface area contributed by atoms with E-state index in [1.54, 1.807) is 6.07 Å². The summed E-state index contributed by atoms with van der Waals surface area (Å²) in [5.74, 6) is -0.154. The molecule has 0 aromatic heterocycles. The molecule has 0 radical (unpaired) electrons. The molecule has 112 valence electrons. The summed E-state index contributed by atoms with van der Waals surface area (Å²) in [6, 6.07) is 17.2. The minimum absolute atomic E-state index is 0.138. The molecule has 0 aliphatic heterocycles. The molecule has 2 nitrogen and oxygen atoms in total. The fourth-order valence-electron chi connectivity index (χ4n) is 2.68.